The minimum atomic E-state index is -0.398. The van der Waals surface area contributed by atoms with Crippen molar-refractivity contribution in [2.75, 3.05) is 13.1 Å². The summed E-state index contributed by atoms with van der Waals surface area (Å²) >= 11 is 0. The molecule has 1 aliphatic carbocycles. The van der Waals surface area contributed by atoms with Crippen LogP contribution in [0.4, 0.5) is 4.39 Å². The van der Waals surface area contributed by atoms with Crippen LogP contribution in [0.1, 0.15) is 45.2 Å². The van der Waals surface area contributed by atoms with E-state index in [1.54, 1.807) is 28.5 Å². The van der Waals surface area contributed by atoms with Crippen molar-refractivity contribution < 1.29 is 14.0 Å². The first-order valence-electron chi connectivity index (χ1n) is 8.78. The minimum absolute atomic E-state index is 0.226. The molecule has 2 aromatic rings. The van der Waals surface area contributed by atoms with E-state index in [0.29, 0.717) is 42.5 Å². The molecule has 0 unspecified atom stereocenters. The summed E-state index contributed by atoms with van der Waals surface area (Å²) in [4.78, 5) is 26.5. The van der Waals surface area contributed by atoms with E-state index in [1.165, 1.54) is 6.07 Å². The van der Waals surface area contributed by atoms with E-state index in [0.717, 1.165) is 12.8 Å². The number of nitrogens with one attached hydrogen (secondary N) is 1. The molecule has 8 heteroatoms. The Morgan fingerprint density at radius 1 is 1.27 bits per heavy atom. The molecule has 2 heterocycles. The molecule has 0 bridgehead atoms. The Hall–Kier alpha value is -2.77. The van der Waals surface area contributed by atoms with Gasteiger partial charge in [0.1, 0.15) is 5.82 Å². The fraction of sp³-hybridized carbons (Fsp3) is 0.444. The number of amides is 2. The molecular weight excluding hydrogens is 337 g/mol. The third-order valence-electron chi connectivity index (χ3n) is 4.91. The Balaban J connectivity index is 1.46. The summed E-state index contributed by atoms with van der Waals surface area (Å²) in [6.07, 6.45) is 2.32. The van der Waals surface area contributed by atoms with Gasteiger partial charge in [0.15, 0.2) is 5.82 Å². The Labute approximate surface area is 150 Å². The molecule has 1 aliphatic heterocycles. The summed E-state index contributed by atoms with van der Waals surface area (Å²) in [5, 5.41) is 10.9. The standard InChI is InChI=1S/C18H20FN5O2/c1-11-2-5-13(8-14(11)19)18(26)23-6-7-24-15(10-23)21-22-16(24)17(25)20-9-12-3-4-12/h2,5,8,12H,3-4,6-7,9-10H2,1H3,(H,20,25). The average Bonchev–Trinajstić information content (AvgIpc) is 3.38. The third kappa shape index (κ3) is 3.18. The van der Waals surface area contributed by atoms with Gasteiger partial charge in [0.25, 0.3) is 11.8 Å². The number of fused-ring (bicyclic) bond motifs is 1. The maximum absolute atomic E-state index is 13.7. The zero-order chi connectivity index (χ0) is 18.3. The van der Waals surface area contributed by atoms with Gasteiger partial charge in [-0.05, 0) is 43.4 Å². The van der Waals surface area contributed by atoms with Gasteiger partial charge in [0, 0.05) is 25.2 Å². The summed E-state index contributed by atoms with van der Waals surface area (Å²) in [6, 6.07) is 4.47. The SMILES string of the molecule is Cc1ccc(C(=O)N2CCn3c(nnc3C(=O)NCC3CC3)C2)cc1F. The molecule has 0 saturated heterocycles. The van der Waals surface area contributed by atoms with Crippen LogP contribution in [0.15, 0.2) is 18.2 Å². The number of aryl methyl sites for hydroxylation is 1. The number of hydrogen-bond donors (Lipinski definition) is 1. The van der Waals surface area contributed by atoms with Gasteiger partial charge in [-0.2, -0.15) is 0 Å². The quantitative estimate of drug-likeness (QED) is 0.900. The maximum Gasteiger partial charge on any atom is 0.289 e. The number of rotatable bonds is 4. The van der Waals surface area contributed by atoms with Crippen LogP contribution < -0.4 is 5.32 Å². The van der Waals surface area contributed by atoms with E-state index in [9.17, 15) is 14.0 Å². The molecule has 0 atom stereocenters. The molecule has 4 rings (SSSR count). The van der Waals surface area contributed by atoms with Gasteiger partial charge < -0.3 is 14.8 Å². The van der Waals surface area contributed by atoms with Gasteiger partial charge in [-0.1, -0.05) is 6.07 Å². The summed E-state index contributed by atoms with van der Waals surface area (Å²) in [6.45, 7) is 3.43. The molecule has 0 radical (unpaired) electrons. The number of hydrogen-bond acceptors (Lipinski definition) is 4. The Morgan fingerprint density at radius 3 is 2.81 bits per heavy atom. The molecule has 1 N–H and O–H groups in total. The van der Waals surface area contributed by atoms with Crippen molar-refractivity contribution in [1.29, 1.82) is 0 Å². The van der Waals surface area contributed by atoms with Crippen molar-refractivity contribution in [3.8, 4) is 0 Å². The number of aromatic nitrogens is 3. The molecule has 26 heavy (non-hydrogen) atoms. The molecule has 7 nitrogen and oxygen atoms in total. The van der Waals surface area contributed by atoms with Crippen LogP contribution in [0.25, 0.3) is 0 Å². The molecular formula is C18H20FN5O2. The number of carbonyl (C=O) groups excluding carboxylic acids is 2. The first-order chi connectivity index (χ1) is 12.5. The number of benzene rings is 1. The van der Waals surface area contributed by atoms with Gasteiger partial charge in [-0.3, -0.25) is 9.59 Å². The highest BCUT2D eigenvalue weighted by Gasteiger charge is 2.28. The predicted molar refractivity (Wildman–Crippen MR) is 91.0 cm³/mol. The van der Waals surface area contributed by atoms with Crippen molar-refractivity contribution in [3.63, 3.8) is 0 Å². The van der Waals surface area contributed by atoms with Crippen LogP contribution in [0.5, 0.6) is 0 Å². The Kier molecular flexibility index (Phi) is 4.18. The largest absolute Gasteiger partial charge is 0.349 e. The third-order valence-corrected chi connectivity index (χ3v) is 4.91. The molecule has 136 valence electrons. The van der Waals surface area contributed by atoms with Gasteiger partial charge in [0.2, 0.25) is 5.82 Å². The Morgan fingerprint density at radius 2 is 2.08 bits per heavy atom. The van der Waals surface area contributed by atoms with E-state index in [1.807, 2.05) is 0 Å². The lowest BCUT2D eigenvalue weighted by molar-refractivity contribution is 0.0705. The van der Waals surface area contributed by atoms with Crippen LogP contribution in [-0.2, 0) is 13.1 Å². The molecule has 1 fully saturated rings. The number of nitrogens with zero attached hydrogens (tertiary/aromatic N) is 4. The molecule has 1 aromatic carbocycles. The van der Waals surface area contributed by atoms with Crippen molar-refractivity contribution in [2.24, 2.45) is 5.92 Å². The van der Waals surface area contributed by atoms with Gasteiger partial charge in [-0.25, -0.2) is 4.39 Å². The van der Waals surface area contributed by atoms with E-state index in [4.69, 9.17) is 0 Å². The summed E-state index contributed by atoms with van der Waals surface area (Å²) < 4.78 is 15.5. The second-order valence-electron chi connectivity index (χ2n) is 6.94. The van der Waals surface area contributed by atoms with Gasteiger partial charge in [0.05, 0.1) is 6.54 Å². The molecule has 2 amide bonds. The van der Waals surface area contributed by atoms with Crippen LogP contribution in [-0.4, -0.2) is 44.6 Å². The van der Waals surface area contributed by atoms with Crippen LogP contribution in [0, 0.1) is 18.7 Å². The second kappa shape index (κ2) is 6.51. The lowest BCUT2D eigenvalue weighted by Gasteiger charge is -2.27. The number of halogens is 1. The highest BCUT2D eigenvalue weighted by atomic mass is 19.1. The molecule has 1 saturated carbocycles. The van der Waals surface area contributed by atoms with Crippen LogP contribution >= 0.6 is 0 Å². The van der Waals surface area contributed by atoms with Crippen molar-refractivity contribution in [3.05, 3.63) is 46.8 Å². The number of carbonyl (C=O) groups is 2. The average molecular weight is 357 g/mol. The normalized spacial score (nSPS) is 16.3. The second-order valence-corrected chi connectivity index (χ2v) is 6.94. The predicted octanol–water partition coefficient (Wildman–Crippen LogP) is 1.52. The maximum atomic E-state index is 13.7. The van der Waals surface area contributed by atoms with Crippen molar-refractivity contribution in [1.82, 2.24) is 25.0 Å². The zero-order valence-corrected chi connectivity index (χ0v) is 14.5. The van der Waals surface area contributed by atoms with E-state index in [-0.39, 0.29) is 24.2 Å². The van der Waals surface area contributed by atoms with E-state index >= 15 is 0 Å². The smallest absolute Gasteiger partial charge is 0.289 e. The van der Waals surface area contributed by atoms with Crippen molar-refractivity contribution >= 4 is 11.8 Å². The first-order valence-corrected chi connectivity index (χ1v) is 8.78. The highest BCUT2D eigenvalue weighted by molar-refractivity contribution is 5.94. The minimum Gasteiger partial charge on any atom is -0.349 e. The zero-order valence-electron chi connectivity index (χ0n) is 14.5. The van der Waals surface area contributed by atoms with Gasteiger partial charge in [-0.15, -0.1) is 10.2 Å². The summed E-state index contributed by atoms with van der Waals surface area (Å²) in [5.74, 6) is 0.563. The van der Waals surface area contributed by atoms with Crippen molar-refractivity contribution in [2.45, 2.75) is 32.9 Å². The fourth-order valence-corrected chi connectivity index (χ4v) is 3.05. The van der Waals surface area contributed by atoms with Crippen LogP contribution in [0.3, 0.4) is 0 Å². The highest BCUT2D eigenvalue weighted by Crippen LogP contribution is 2.27. The monoisotopic (exact) mass is 357 g/mol. The lowest BCUT2D eigenvalue weighted by atomic mass is 10.1. The van der Waals surface area contributed by atoms with E-state index < -0.39 is 5.82 Å². The van der Waals surface area contributed by atoms with Crippen LogP contribution in [0.2, 0.25) is 0 Å². The van der Waals surface area contributed by atoms with Gasteiger partial charge >= 0.3 is 0 Å². The molecule has 2 aliphatic rings. The summed E-state index contributed by atoms with van der Waals surface area (Å²) in [5.41, 5.74) is 0.810. The summed E-state index contributed by atoms with van der Waals surface area (Å²) in [7, 11) is 0. The molecule has 1 aromatic heterocycles. The fourth-order valence-electron chi connectivity index (χ4n) is 3.05. The first kappa shape index (κ1) is 16.7. The Bertz CT molecular complexity index is 874. The molecule has 0 spiro atoms. The lowest BCUT2D eigenvalue weighted by Crippen LogP contribution is -2.40. The topological polar surface area (TPSA) is 80.1 Å². The van der Waals surface area contributed by atoms with E-state index in [2.05, 4.69) is 15.5 Å².